The fourth-order valence-electron chi connectivity index (χ4n) is 4.62. The van der Waals surface area contributed by atoms with Gasteiger partial charge in [-0.2, -0.15) is 0 Å². The van der Waals surface area contributed by atoms with Gasteiger partial charge in [-0.15, -0.1) is 0 Å². The van der Waals surface area contributed by atoms with E-state index in [1.807, 2.05) is 24.3 Å². The molecule has 2 heterocycles. The molecule has 6 heteroatoms. The molecule has 28 heavy (non-hydrogen) atoms. The van der Waals surface area contributed by atoms with Crippen molar-refractivity contribution in [1.29, 1.82) is 0 Å². The van der Waals surface area contributed by atoms with Crippen LogP contribution < -0.4 is 9.64 Å². The molecule has 0 N–H and O–H groups in total. The molecule has 2 saturated heterocycles. The van der Waals surface area contributed by atoms with Crippen LogP contribution in [0.5, 0.6) is 5.75 Å². The van der Waals surface area contributed by atoms with Gasteiger partial charge in [0.05, 0.1) is 12.8 Å². The molecule has 3 aliphatic rings. The molecule has 1 atom stereocenters. The number of hydrogen-bond acceptors (Lipinski definition) is 4. The molecule has 0 saturated carbocycles. The number of anilines is 1. The summed E-state index contributed by atoms with van der Waals surface area (Å²) < 4.78 is 5.45. The Morgan fingerprint density at radius 1 is 0.964 bits per heavy atom. The first-order valence-corrected chi connectivity index (χ1v) is 10.3. The van der Waals surface area contributed by atoms with Gasteiger partial charge >= 0.3 is 11.8 Å². The van der Waals surface area contributed by atoms with Gasteiger partial charge in [0, 0.05) is 39.3 Å². The lowest BCUT2D eigenvalue weighted by Crippen LogP contribution is -2.54. The van der Waals surface area contributed by atoms with Crippen molar-refractivity contribution in [2.24, 2.45) is 5.92 Å². The van der Waals surface area contributed by atoms with Gasteiger partial charge in [-0.3, -0.25) is 9.59 Å². The Kier molecular flexibility index (Phi) is 5.55. The van der Waals surface area contributed by atoms with Crippen LogP contribution in [0.4, 0.5) is 5.69 Å². The van der Waals surface area contributed by atoms with Gasteiger partial charge in [0.2, 0.25) is 0 Å². The van der Waals surface area contributed by atoms with Crippen molar-refractivity contribution in [2.75, 3.05) is 51.3 Å². The summed E-state index contributed by atoms with van der Waals surface area (Å²) in [5, 5.41) is 0. The predicted molar refractivity (Wildman–Crippen MR) is 108 cm³/mol. The SMILES string of the molecule is COc1ccccc1N1CCN(C(=O)C(=O)N2CCC3CCCC=C3C2)CC1. The normalized spacial score (nSPS) is 22.4. The summed E-state index contributed by atoms with van der Waals surface area (Å²) in [5.41, 5.74) is 2.40. The minimum atomic E-state index is -0.352. The highest BCUT2D eigenvalue weighted by Crippen LogP contribution is 2.32. The summed E-state index contributed by atoms with van der Waals surface area (Å²) in [6.07, 6.45) is 6.85. The molecule has 1 unspecified atom stereocenters. The Morgan fingerprint density at radius 3 is 2.50 bits per heavy atom. The van der Waals surface area contributed by atoms with E-state index in [0.29, 0.717) is 45.2 Å². The monoisotopic (exact) mass is 383 g/mol. The van der Waals surface area contributed by atoms with Crippen LogP contribution in [-0.4, -0.2) is 68.0 Å². The highest BCUT2D eigenvalue weighted by atomic mass is 16.5. The maximum atomic E-state index is 12.8. The van der Waals surface area contributed by atoms with Gasteiger partial charge in [0.25, 0.3) is 0 Å². The quantitative estimate of drug-likeness (QED) is 0.581. The lowest BCUT2D eigenvalue weighted by molar-refractivity contribution is -0.152. The van der Waals surface area contributed by atoms with Crippen LogP contribution in [0.15, 0.2) is 35.9 Å². The summed E-state index contributed by atoms with van der Waals surface area (Å²) in [7, 11) is 1.67. The number of piperazine rings is 1. The third kappa shape index (κ3) is 3.73. The fraction of sp³-hybridized carbons (Fsp3) is 0.545. The number of amides is 2. The topological polar surface area (TPSA) is 53.1 Å². The lowest BCUT2D eigenvalue weighted by atomic mass is 9.82. The molecule has 0 radical (unpaired) electrons. The van der Waals surface area contributed by atoms with Crippen LogP contribution in [0, 0.1) is 5.92 Å². The molecule has 0 bridgehead atoms. The van der Waals surface area contributed by atoms with Crippen LogP contribution in [0.2, 0.25) is 0 Å². The number of ether oxygens (including phenoxy) is 1. The van der Waals surface area contributed by atoms with Crippen molar-refractivity contribution in [3.63, 3.8) is 0 Å². The number of benzene rings is 1. The number of para-hydroxylation sites is 2. The third-order valence-electron chi connectivity index (χ3n) is 6.27. The number of rotatable bonds is 2. The van der Waals surface area contributed by atoms with E-state index < -0.39 is 0 Å². The van der Waals surface area contributed by atoms with Crippen molar-refractivity contribution in [3.8, 4) is 5.75 Å². The Labute approximate surface area is 166 Å². The molecule has 0 aromatic heterocycles. The van der Waals surface area contributed by atoms with E-state index in [4.69, 9.17) is 4.74 Å². The highest BCUT2D eigenvalue weighted by Gasteiger charge is 2.34. The van der Waals surface area contributed by atoms with Crippen molar-refractivity contribution in [2.45, 2.75) is 25.7 Å². The summed E-state index contributed by atoms with van der Waals surface area (Å²) >= 11 is 0. The molecule has 1 aromatic carbocycles. The number of nitrogens with zero attached hydrogens (tertiary/aromatic N) is 3. The molecule has 0 spiro atoms. The minimum absolute atomic E-state index is 0.337. The number of hydrogen-bond donors (Lipinski definition) is 0. The van der Waals surface area contributed by atoms with Gasteiger partial charge in [-0.25, -0.2) is 0 Å². The van der Waals surface area contributed by atoms with Gasteiger partial charge < -0.3 is 19.4 Å². The molecule has 150 valence electrons. The van der Waals surface area contributed by atoms with Crippen molar-refractivity contribution >= 4 is 17.5 Å². The fourth-order valence-corrected chi connectivity index (χ4v) is 4.62. The summed E-state index contributed by atoms with van der Waals surface area (Å²) in [5.74, 6) is 0.768. The second-order valence-corrected chi connectivity index (χ2v) is 7.87. The molecular weight excluding hydrogens is 354 g/mol. The van der Waals surface area contributed by atoms with Gasteiger partial charge in [0.1, 0.15) is 5.75 Å². The van der Waals surface area contributed by atoms with E-state index in [9.17, 15) is 9.59 Å². The largest absolute Gasteiger partial charge is 0.495 e. The van der Waals surface area contributed by atoms with E-state index in [1.54, 1.807) is 16.9 Å². The van der Waals surface area contributed by atoms with E-state index in [-0.39, 0.29) is 11.8 Å². The maximum absolute atomic E-state index is 12.8. The molecule has 6 nitrogen and oxygen atoms in total. The van der Waals surface area contributed by atoms with Crippen LogP contribution in [-0.2, 0) is 9.59 Å². The number of methoxy groups -OCH3 is 1. The molecule has 1 aromatic rings. The van der Waals surface area contributed by atoms with Crippen LogP contribution >= 0.6 is 0 Å². The van der Waals surface area contributed by atoms with E-state index in [0.717, 1.165) is 24.3 Å². The van der Waals surface area contributed by atoms with Crippen molar-refractivity contribution < 1.29 is 14.3 Å². The highest BCUT2D eigenvalue weighted by molar-refractivity contribution is 6.35. The van der Waals surface area contributed by atoms with Crippen LogP contribution in [0.25, 0.3) is 0 Å². The summed E-state index contributed by atoms with van der Waals surface area (Å²) in [6, 6.07) is 7.91. The first-order chi connectivity index (χ1) is 13.7. The molecule has 2 aliphatic heterocycles. The second kappa shape index (κ2) is 8.25. The van der Waals surface area contributed by atoms with Crippen molar-refractivity contribution in [3.05, 3.63) is 35.9 Å². The van der Waals surface area contributed by atoms with E-state index >= 15 is 0 Å². The number of likely N-dealkylation sites (tertiary alicyclic amines) is 1. The van der Waals surface area contributed by atoms with E-state index in [2.05, 4.69) is 11.0 Å². The molecular formula is C22H29N3O3. The Balaban J connectivity index is 1.35. The maximum Gasteiger partial charge on any atom is 0.312 e. The molecule has 1 aliphatic carbocycles. The number of carbonyl (C=O) groups excluding carboxylic acids is 2. The average molecular weight is 383 g/mol. The minimum Gasteiger partial charge on any atom is -0.495 e. The van der Waals surface area contributed by atoms with Gasteiger partial charge in [-0.1, -0.05) is 23.8 Å². The lowest BCUT2D eigenvalue weighted by Gasteiger charge is -2.39. The van der Waals surface area contributed by atoms with Crippen LogP contribution in [0.3, 0.4) is 0 Å². The summed E-state index contributed by atoms with van der Waals surface area (Å²) in [6.45, 7) is 3.85. The summed E-state index contributed by atoms with van der Waals surface area (Å²) in [4.78, 5) is 31.3. The smallest absolute Gasteiger partial charge is 0.312 e. The zero-order chi connectivity index (χ0) is 19.5. The molecule has 4 rings (SSSR count). The average Bonchev–Trinajstić information content (AvgIpc) is 2.77. The number of allylic oxidation sites excluding steroid dienone is 1. The van der Waals surface area contributed by atoms with Gasteiger partial charge in [0.15, 0.2) is 0 Å². The van der Waals surface area contributed by atoms with Gasteiger partial charge in [-0.05, 0) is 43.7 Å². The molecule has 2 fully saturated rings. The predicted octanol–water partition coefficient (Wildman–Crippen LogP) is 2.30. The second-order valence-electron chi connectivity index (χ2n) is 7.87. The first-order valence-electron chi connectivity index (χ1n) is 10.3. The van der Waals surface area contributed by atoms with Crippen molar-refractivity contribution in [1.82, 2.24) is 9.80 Å². The number of fused-ring (bicyclic) bond motifs is 1. The Bertz CT molecular complexity index is 768. The third-order valence-corrected chi connectivity index (χ3v) is 6.27. The standard InChI is InChI=1S/C22H29N3O3/c1-28-20-9-5-4-8-19(20)23-12-14-24(15-13-23)21(26)22(27)25-11-10-17-6-2-3-7-18(17)16-25/h4-5,7-9,17H,2-3,6,10-16H2,1H3. The zero-order valence-electron chi connectivity index (χ0n) is 16.6. The van der Waals surface area contributed by atoms with E-state index in [1.165, 1.54) is 18.4 Å². The zero-order valence-corrected chi connectivity index (χ0v) is 16.6. The van der Waals surface area contributed by atoms with Crippen LogP contribution in [0.1, 0.15) is 25.7 Å². The Morgan fingerprint density at radius 2 is 1.71 bits per heavy atom. The molecule has 2 amide bonds. The first kappa shape index (κ1) is 18.8. The number of piperidine rings is 1. The Hall–Kier alpha value is -2.50. The number of carbonyl (C=O) groups is 2.